The Bertz CT molecular complexity index is 724. The Hall–Kier alpha value is -1.89. The van der Waals surface area contributed by atoms with Crippen molar-refractivity contribution in [3.05, 3.63) is 33.7 Å². The summed E-state index contributed by atoms with van der Waals surface area (Å²) in [6, 6.07) is 1.95. The quantitative estimate of drug-likeness (QED) is 0.768. The number of aromatic nitrogens is 2. The number of rotatable bonds is 6. The van der Waals surface area contributed by atoms with Gasteiger partial charge in [-0.1, -0.05) is 6.92 Å². The number of nitrogens with zero attached hydrogens (tertiary/aromatic N) is 2. The molecule has 1 amide bonds. The number of imidazole rings is 1. The zero-order valence-corrected chi connectivity index (χ0v) is 14.1. The number of carboxylic acids is 1. The van der Waals surface area contributed by atoms with E-state index in [2.05, 4.69) is 26.2 Å². The monoisotopic (exact) mass is 367 g/mol. The lowest BCUT2D eigenvalue weighted by molar-refractivity contribution is -0.137. The van der Waals surface area contributed by atoms with Crippen LogP contribution >= 0.6 is 15.9 Å². The highest BCUT2D eigenvalue weighted by atomic mass is 79.9. The maximum Gasteiger partial charge on any atom is 0.303 e. The highest BCUT2D eigenvalue weighted by molar-refractivity contribution is 9.10. The molecule has 2 aromatic heterocycles. The Morgan fingerprint density at radius 1 is 1.45 bits per heavy atom. The maximum atomic E-state index is 12.4. The number of halogens is 1. The predicted octanol–water partition coefficient (Wildman–Crippen LogP) is 2.56. The van der Waals surface area contributed by atoms with Crippen LogP contribution in [-0.2, 0) is 11.2 Å². The van der Waals surface area contributed by atoms with Gasteiger partial charge >= 0.3 is 5.97 Å². The summed E-state index contributed by atoms with van der Waals surface area (Å²) >= 11 is 3.43. The molecule has 0 bridgehead atoms. The van der Waals surface area contributed by atoms with Crippen LogP contribution in [0.15, 0.2) is 16.7 Å². The van der Waals surface area contributed by atoms with Crippen LogP contribution in [-0.4, -0.2) is 32.9 Å². The van der Waals surface area contributed by atoms with E-state index in [-0.39, 0.29) is 12.3 Å². The fraction of sp³-hybridized carbons (Fsp3) is 0.400. The van der Waals surface area contributed by atoms with Crippen molar-refractivity contribution in [1.82, 2.24) is 14.7 Å². The van der Waals surface area contributed by atoms with E-state index in [0.29, 0.717) is 25.1 Å². The smallest absolute Gasteiger partial charge is 0.303 e. The minimum atomic E-state index is -0.863. The van der Waals surface area contributed by atoms with Gasteiger partial charge < -0.3 is 10.4 Å². The first kappa shape index (κ1) is 16.5. The number of amides is 1. The number of carbonyl (C=O) groups excluding carboxylic acids is 1. The third kappa shape index (κ3) is 3.47. The van der Waals surface area contributed by atoms with E-state index in [0.717, 1.165) is 21.4 Å². The van der Waals surface area contributed by atoms with Gasteiger partial charge in [0.2, 0.25) is 0 Å². The molecule has 2 heterocycles. The first-order valence-corrected chi connectivity index (χ1v) is 7.90. The molecule has 0 spiro atoms. The van der Waals surface area contributed by atoms with E-state index in [9.17, 15) is 9.59 Å². The summed E-state index contributed by atoms with van der Waals surface area (Å²) in [5.41, 5.74) is 2.99. The molecule has 0 aliphatic rings. The molecule has 0 fully saturated rings. The first-order chi connectivity index (χ1) is 10.4. The van der Waals surface area contributed by atoms with Gasteiger partial charge in [0, 0.05) is 23.6 Å². The standard InChI is InChI=1S/C15H18BrN3O3/c1-3-11-13(15(22)17-6-4-5-12(20)21)19-8-10(16)7-9(2)14(19)18-11/h7-8H,3-6H2,1-2H3,(H,17,22)(H,20,21). The fourth-order valence-corrected chi connectivity index (χ4v) is 2.88. The minimum Gasteiger partial charge on any atom is -0.481 e. The number of carbonyl (C=O) groups is 2. The lowest BCUT2D eigenvalue weighted by Crippen LogP contribution is -2.27. The lowest BCUT2D eigenvalue weighted by Gasteiger charge is -2.07. The van der Waals surface area contributed by atoms with Crippen LogP contribution in [0.1, 0.15) is 41.5 Å². The van der Waals surface area contributed by atoms with Gasteiger partial charge in [0.05, 0.1) is 5.69 Å². The van der Waals surface area contributed by atoms with Gasteiger partial charge in [-0.2, -0.15) is 0 Å². The van der Waals surface area contributed by atoms with Crippen LogP contribution in [0.4, 0.5) is 0 Å². The topological polar surface area (TPSA) is 83.7 Å². The highest BCUT2D eigenvalue weighted by Gasteiger charge is 2.19. The SMILES string of the molecule is CCc1nc2c(C)cc(Br)cn2c1C(=O)NCCCC(=O)O. The van der Waals surface area contributed by atoms with E-state index < -0.39 is 5.97 Å². The van der Waals surface area contributed by atoms with Crippen molar-refractivity contribution in [2.75, 3.05) is 6.54 Å². The van der Waals surface area contributed by atoms with Crippen molar-refractivity contribution in [3.63, 3.8) is 0 Å². The molecule has 0 radical (unpaired) electrons. The molecule has 2 aromatic rings. The molecule has 2 N–H and O–H groups in total. The normalized spacial score (nSPS) is 10.9. The Labute approximate surface area is 136 Å². The Balaban J connectivity index is 2.29. The van der Waals surface area contributed by atoms with Crippen LogP contribution in [0, 0.1) is 6.92 Å². The molecule has 0 saturated carbocycles. The molecule has 0 saturated heterocycles. The summed E-state index contributed by atoms with van der Waals surface area (Å²) in [4.78, 5) is 27.5. The summed E-state index contributed by atoms with van der Waals surface area (Å²) in [7, 11) is 0. The summed E-state index contributed by atoms with van der Waals surface area (Å²) in [6.45, 7) is 4.23. The largest absolute Gasteiger partial charge is 0.481 e. The van der Waals surface area contributed by atoms with E-state index in [1.807, 2.05) is 26.1 Å². The molecule has 6 nitrogen and oxygen atoms in total. The maximum absolute atomic E-state index is 12.4. The second-order valence-corrected chi connectivity index (χ2v) is 5.96. The summed E-state index contributed by atoms with van der Waals surface area (Å²) in [6.07, 6.45) is 2.91. The van der Waals surface area contributed by atoms with Gasteiger partial charge in [-0.3, -0.25) is 14.0 Å². The summed E-state index contributed by atoms with van der Waals surface area (Å²) in [5.74, 6) is -1.09. The average Bonchev–Trinajstić information content (AvgIpc) is 2.82. The van der Waals surface area contributed by atoms with Crippen molar-refractivity contribution >= 4 is 33.5 Å². The number of hydrogen-bond donors (Lipinski definition) is 2. The Morgan fingerprint density at radius 3 is 2.82 bits per heavy atom. The molecular formula is C15H18BrN3O3. The zero-order chi connectivity index (χ0) is 16.3. The summed E-state index contributed by atoms with van der Waals surface area (Å²) in [5, 5.41) is 11.4. The Morgan fingerprint density at radius 2 is 2.18 bits per heavy atom. The molecule has 0 aliphatic heterocycles. The zero-order valence-electron chi connectivity index (χ0n) is 12.5. The molecule has 0 aromatic carbocycles. The van der Waals surface area contributed by atoms with Crippen molar-refractivity contribution in [2.24, 2.45) is 0 Å². The second-order valence-electron chi connectivity index (χ2n) is 5.05. The second kappa shape index (κ2) is 6.91. The number of pyridine rings is 1. The average molecular weight is 368 g/mol. The Kier molecular flexibility index (Phi) is 5.18. The third-order valence-corrected chi connectivity index (χ3v) is 3.78. The number of nitrogens with one attached hydrogen (secondary N) is 1. The number of hydrogen-bond acceptors (Lipinski definition) is 3. The van der Waals surface area contributed by atoms with Gasteiger partial charge in [0.15, 0.2) is 0 Å². The molecule has 22 heavy (non-hydrogen) atoms. The number of carboxylic acid groups (broad SMARTS) is 1. The van der Waals surface area contributed by atoms with Crippen LogP contribution in [0.5, 0.6) is 0 Å². The molecule has 2 rings (SSSR count). The number of fused-ring (bicyclic) bond motifs is 1. The van der Waals surface area contributed by atoms with Crippen molar-refractivity contribution < 1.29 is 14.7 Å². The minimum absolute atomic E-state index is 0.0404. The number of aryl methyl sites for hydroxylation is 2. The van der Waals surface area contributed by atoms with Gasteiger partial charge in [-0.25, -0.2) is 4.98 Å². The predicted molar refractivity (Wildman–Crippen MR) is 86.2 cm³/mol. The van der Waals surface area contributed by atoms with Crippen LogP contribution in [0.3, 0.4) is 0 Å². The van der Waals surface area contributed by atoms with Gasteiger partial charge in [0.1, 0.15) is 11.3 Å². The first-order valence-electron chi connectivity index (χ1n) is 7.11. The lowest BCUT2D eigenvalue weighted by atomic mass is 10.2. The molecular weight excluding hydrogens is 350 g/mol. The van der Waals surface area contributed by atoms with Gasteiger partial charge in [0.25, 0.3) is 5.91 Å². The number of aliphatic carboxylic acids is 1. The molecule has 0 aliphatic carbocycles. The fourth-order valence-electron chi connectivity index (χ4n) is 2.33. The van der Waals surface area contributed by atoms with E-state index in [1.54, 1.807) is 4.40 Å². The van der Waals surface area contributed by atoms with Crippen LogP contribution in [0.2, 0.25) is 0 Å². The van der Waals surface area contributed by atoms with Gasteiger partial charge in [-0.05, 0) is 47.3 Å². The van der Waals surface area contributed by atoms with E-state index in [4.69, 9.17) is 5.11 Å². The van der Waals surface area contributed by atoms with Gasteiger partial charge in [-0.15, -0.1) is 0 Å². The van der Waals surface area contributed by atoms with E-state index in [1.165, 1.54) is 0 Å². The molecule has 118 valence electrons. The van der Waals surface area contributed by atoms with E-state index >= 15 is 0 Å². The highest BCUT2D eigenvalue weighted by Crippen LogP contribution is 2.21. The van der Waals surface area contributed by atoms with Crippen molar-refractivity contribution in [3.8, 4) is 0 Å². The molecule has 7 heteroatoms. The third-order valence-electron chi connectivity index (χ3n) is 3.35. The van der Waals surface area contributed by atoms with Crippen molar-refractivity contribution in [1.29, 1.82) is 0 Å². The molecule has 0 atom stereocenters. The summed E-state index contributed by atoms with van der Waals surface area (Å²) < 4.78 is 2.66. The van der Waals surface area contributed by atoms with Crippen LogP contribution in [0.25, 0.3) is 5.65 Å². The van der Waals surface area contributed by atoms with Crippen LogP contribution < -0.4 is 5.32 Å². The van der Waals surface area contributed by atoms with Crippen molar-refractivity contribution in [2.45, 2.75) is 33.1 Å². The molecule has 0 unspecified atom stereocenters.